The Kier molecular flexibility index (Phi) is 7.92. The molecule has 0 aliphatic heterocycles. The summed E-state index contributed by atoms with van der Waals surface area (Å²) in [5, 5.41) is 10.8. The van der Waals surface area contributed by atoms with Gasteiger partial charge in [-0.25, -0.2) is 18.1 Å². The fourth-order valence-corrected chi connectivity index (χ4v) is 6.19. The Bertz CT molecular complexity index is 1520. The smallest absolute Gasteiger partial charge is 0.241 e. The minimum absolute atomic E-state index is 0.0816. The number of nitrogens with zero attached hydrogens (tertiary/aromatic N) is 2. The number of fused-ring (bicyclic) bond motifs is 1. The van der Waals surface area contributed by atoms with Crippen molar-refractivity contribution >= 4 is 21.6 Å². The van der Waals surface area contributed by atoms with Crippen LogP contribution in [0, 0.1) is 0 Å². The van der Waals surface area contributed by atoms with Crippen LogP contribution in [-0.4, -0.2) is 35.5 Å². The van der Waals surface area contributed by atoms with E-state index in [1.807, 2.05) is 55.5 Å². The summed E-state index contributed by atoms with van der Waals surface area (Å²) >= 11 is 0. The van der Waals surface area contributed by atoms with Crippen LogP contribution >= 0.6 is 0 Å². The molecule has 1 heterocycles. The number of amides is 1. The molecule has 202 valence electrons. The molecule has 1 amide bonds. The van der Waals surface area contributed by atoms with Gasteiger partial charge < -0.3 is 15.0 Å². The zero-order valence-electron chi connectivity index (χ0n) is 21.7. The quantitative estimate of drug-likeness (QED) is 0.278. The standard InChI is InChI=1S/C30H32N4O4S/c1-2-21-8-13-25(14-9-21)39(37,38)33-30-26-19-24(12-11-23(26)18-27(30)35)34(20-28-31-16-17-32-28)29(36)15-10-22-6-4-3-5-7-22/h3-9,11-14,16-17,19,27,30,33,35H,2,10,15,18,20H2,1H3,(H,31,32). The highest BCUT2D eigenvalue weighted by atomic mass is 32.2. The Balaban J connectivity index is 1.41. The topological polar surface area (TPSA) is 115 Å². The Morgan fingerprint density at radius 3 is 2.54 bits per heavy atom. The molecule has 2 unspecified atom stereocenters. The normalized spacial score (nSPS) is 16.7. The number of hydrogen-bond acceptors (Lipinski definition) is 5. The van der Waals surface area contributed by atoms with E-state index in [1.54, 1.807) is 41.6 Å². The van der Waals surface area contributed by atoms with Crippen LogP contribution in [0.2, 0.25) is 0 Å². The maximum atomic E-state index is 13.5. The minimum Gasteiger partial charge on any atom is -0.391 e. The Hall–Kier alpha value is -3.79. The summed E-state index contributed by atoms with van der Waals surface area (Å²) < 4.78 is 29.1. The molecule has 8 nitrogen and oxygen atoms in total. The second kappa shape index (κ2) is 11.5. The number of H-pyrrole nitrogens is 1. The van der Waals surface area contributed by atoms with Crippen molar-refractivity contribution in [3.05, 3.63) is 113 Å². The van der Waals surface area contributed by atoms with Crippen LogP contribution in [0.1, 0.15) is 47.5 Å². The van der Waals surface area contributed by atoms with Gasteiger partial charge in [-0.2, -0.15) is 0 Å². The molecular weight excluding hydrogens is 512 g/mol. The number of imidazole rings is 1. The average molecular weight is 545 g/mol. The second-order valence-corrected chi connectivity index (χ2v) is 11.5. The van der Waals surface area contributed by atoms with Crippen LogP contribution in [0.4, 0.5) is 5.69 Å². The number of aryl methyl sites for hydroxylation is 2. The molecule has 0 spiro atoms. The van der Waals surface area contributed by atoms with Crippen LogP contribution < -0.4 is 9.62 Å². The van der Waals surface area contributed by atoms with Gasteiger partial charge in [-0.15, -0.1) is 0 Å². The molecule has 3 aromatic carbocycles. The van der Waals surface area contributed by atoms with E-state index >= 15 is 0 Å². The van der Waals surface area contributed by atoms with E-state index < -0.39 is 22.2 Å². The summed E-state index contributed by atoms with van der Waals surface area (Å²) in [4.78, 5) is 22.6. The number of aromatic nitrogens is 2. The molecule has 1 aliphatic carbocycles. The number of hydrogen-bond donors (Lipinski definition) is 3. The lowest BCUT2D eigenvalue weighted by molar-refractivity contribution is -0.118. The maximum Gasteiger partial charge on any atom is 0.241 e. The Labute approximate surface area is 228 Å². The summed E-state index contributed by atoms with van der Waals surface area (Å²) in [5.74, 6) is 0.554. The predicted octanol–water partition coefficient (Wildman–Crippen LogP) is 4.07. The largest absolute Gasteiger partial charge is 0.391 e. The molecule has 39 heavy (non-hydrogen) atoms. The highest BCUT2D eigenvalue weighted by molar-refractivity contribution is 7.89. The van der Waals surface area contributed by atoms with Crippen molar-refractivity contribution in [3.63, 3.8) is 0 Å². The van der Waals surface area contributed by atoms with E-state index in [2.05, 4.69) is 14.7 Å². The molecule has 1 aliphatic rings. The second-order valence-electron chi connectivity index (χ2n) is 9.75. The third kappa shape index (κ3) is 6.11. The number of aromatic amines is 1. The number of aliphatic hydroxyl groups excluding tert-OH is 1. The van der Waals surface area contributed by atoms with E-state index in [4.69, 9.17) is 0 Å². The first kappa shape index (κ1) is 26.8. The molecule has 0 saturated carbocycles. The SMILES string of the molecule is CCc1ccc(S(=O)(=O)NC2c3cc(N(Cc4ncc[nH]4)C(=O)CCc4ccccc4)ccc3CC2O)cc1. The molecule has 0 bridgehead atoms. The molecule has 2 atom stereocenters. The van der Waals surface area contributed by atoms with Crippen LogP contribution in [-0.2, 0) is 40.6 Å². The maximum absolute atomic E-state index is 13.5. The van der Waals surface area contributed by atoms with Crippen LogP contribution in [0.3, 0.4) is 0 Å². The fraction of sp³-hybridized carbons (Fsp3) is 0.267. The number of nitrogens with one attached hydrogen (secondary N) is 2. The number of benzene rings is 3. The molecule has 3 N–H and O–H groups in total. The van der Waals surface area contributed by atoms with Gasteiger partial charge in [0.05, 0.1) is 23.6 Å². The zero-order chi connectivity index (χ0) is 27.4. The van der Waals surface area contributed by atoms with Gasteiger partial charge in [0.2, 0.25) is 15.9 Å². The van der Waals surface area contributed by atoms with Gasteiger partial charge in [0.25, 0.3) is 0 Å². The zero-order valence-corrected chi connectivity index (χ0v) is 22.6. The van der Waals surface area contributed by atoms with Crippen molar-refractivity contribution in [3.8, 4) is 0 Å². The first-order valence-electron chi connectivity index (χ1n) is 13.1. The molecule has 0 saturated heterocycles. The highest BCUT2D eigenvalue weighted by Gasteiger charge is 2.35. The van der Waals surface area contributed by atoms with Gasteiger partial charge >= 0.3 is 0 Å². The summed E-state index contributed by atoms with van der Waals surface area (Å²) in [5.41, 5.74) is 4.23. The van der Waals surface area contributed by atoms with Gasteiger partial charge in [-0.1, -0.05) is 55.5 Å². The molecule has 0 fully saturated rings. The number of aliphatic hydroxyl groups is 1. The van der Waals surface area contributed by atoms with Crippen molar-refractivity contribution in [1.82, 2.24) is 14.7 Å². The van der Waals surface area contributed by atoms with E-state index in [-0.39, 0.29) is 17.3 Å². The number of carbonyl (C=O) groups excluding carboxylic acids is 1. The number of carbonyl (C=O) groups is 1. The van der Waals surface area contributed by atoms with Gasteiger partial charge in [0.1, 0.15) is 5.82 Å². The van der Waals surface area contributed by atoms with Crippen LogP contribution in [0.15, 0.2) is 90.1 Å². The third-order valence-corrected chi connectivity index (χ3v) is 8.61. The van der Waals surface area contributed by atoms with Crippen LogP contribution in [0.25, 0.3) is 0 Å². The minimum atomic E-state index is -3.88. The molecule has 9 heteroatoms. The lowest BCUT2D eigenvalue weighted by atomic mass is 10.1. The van der Waals surface area contributed by atoms with Gasteiger partial charge in [0, 0.05) is 30.9 Å². The Morgan fingerprint density at radius 2 is 1.85 bits per heavy atom. The van der Waals surface area contributed by atoms with Gasteiger partial charge in [-0.05, 0) is 59.4 Å². The van der Waals surface area contributed by atoms with Crippen molar-refractivity contribution in [1.29, 1.82) is 0 Å². The fourth-order valence-electron chi connectivity index (χ4n) is 4.95. The van der Waals surface area contributed by atoms with Crippen molar-refractivity contribution in [2.75, 3.05) is 4.90 Å². The van der Waals surface area contributed by atoms with Crippen LogP contribution in [0.5, 0.6) is 0 Å². The van der Waals surface area contributed by atoms with Crippen molar-refractivity contribution < 1.29 is 18.3 Å². The Morgan fingerprint density at radius 1 is 1.08 bits per heavy atom. The van der Waals surface area contributed by atoms with Crippen molar-refractivity contribution in [2.24, 2.45) is 0 Å². The van der Waals surface area contributed by atoms with E-state index in [0.717, 1.165) is 23.1 Å². The monoisotopic (exact) mass is 544 g/mol. The van der Waals surface area contributed by atoms with E-state index in [9.17, 15) is 18.3 Å². The lowest BCUT2D eigenvalue weighted by Gasteiger charge is -2.24. The molecular formula is C30H32N4O4S. The average Bonchev–Trinajstić information content (AvgIpc) is 3.58. The molecule has 0 radical (unpaired) electrons. The molecule has 5 rings (SSSR count). The number of anilines is 1. The lowest BCUT2D eigenvalue weighted by Crippen LogP contribution is -2.34. The van der Waals surface area contributed by atoms with E-state index in [0.29, 0.717) is 36.3 Å². The number of rotatable bonds is 10. The first-order chi connectivity index (χ1) is 18.8. The number of sulfonamides is 1. The molecule has 4 aromatic rings. The third-order valence-electron chi connectivity index (χ3n) is 7.15. The van der Waals surface area contributed by atoms with Crippen molar-refractivity contribution in [2.45, 2.75) is 56.2 Å². The summed E-state index contributed by atoms with van der Waals surface area (Å²) in [6.45, 7) is 2.24. The summed E-state index contributed by atoms with van der Waals surface area (Å²) in [6, 6.07) is 21.2. The highest BCUT2D eigenvalue weighted by Crippen LogP contribution is 2.36. The summed E-state index contributed by atoms with van der Waals surface area (Å²) in [6.07, 6.45) is 4.44. The first-order valence-corrected chi connectivity index (χ1v) is 14.6. The summed E-state index contributed by atoms with van der Waals surface area (Å²) in [7, 11) is -3.88. The molecule has 1 aromatic heterocycles. The van der Waals surface area contributed by atoms with Gasteiger partial charge in [0.15, 0.2) is 0 Å². The predicted molar refractivity (Wildman–Crippen MR) is 150 cm³/mol. The van der Waals surface area contributed by atoms with Gasteiger partial charge in [-0.3, -0.25) is 4.79 Å². The van der Waals surface area contributed by atoms with E-state index in [1.165, 1.54) is 0 Å².